The summed E-state index contributed by atoms with van der Waals surface area (Å²) in [7, 11) is -3.48. The molecule has 4 rings (SSSR count). The van der Waals surface area contributed by atoms with E-state index in [-0.39, 0.29) is 5.82 Å². The van der Waals surface area contributed by atoms with Crippen LogP contribution in [0.25, 0.3) is 11.1 Å². The Kier molecular flexibility index (Phi) is 6.81. The Bertz CT molecular complexity index is 1150. The van der Waals surface area contributed by atoms with E-state index in [1.807, 2.05) is 4.90 Å². The van der Waals surface area contributed by atoms with E-state index in [1.165, 1.54) is 21.8 Å². The van der Waals surface area contributed by atoms with E-state index in [0.717, 1.165) is 11.1 Å². The van der Waals surface area contributed by atoms with Crippen molar-refractivity contribution in [2.24, 2.45) is 0 Å². The van der Waals surface area contributed by atoms with E-state index >= 15 is 0 Å². The van der Waals surface area contributed by atoms with Crippen LogP contribution >= 0.6 is 0 Å². The summed E-state index contributed by atoms with van der Waals surface area (Å²) in [6.07, 6.45) is 9.51. The van der Waals surface area contributed by atoms with Crippen molar-refractivity contribution >= 4 is 16.0 Å². The zero-order valence-corrected chi connectivity index (χ0v) is 18.2. The summed E-state index contributed by atoms with van der Waals surface area (Å²) in [4.78, 5) is 19.0. The molecule has 1 aliphatic heterocycles. The van der Waals surface area contributed by atoms with Crippen LogP contribution in [0.15, 0.2) is 66.6 Å². The largest absolute Gasteiger partial charge is 0.338 e. The summed E-state index contributed by atoms with van der Waals surface area (Å²) in [6, 6.07) is 7.89. The van der Waals surface area contributed by atoms with Gasteiger partial charge in [-0.05, 0) is 30.2 Å². The standard InChI is InChI=1S/C22H23FN6O2S/c23-20-7-5-18(6-8-20)19-16-26-22(27-17-19)28-11-13-29(14-12-28)32(30,31)15-2-1-4-21-24-9-3-10-25-21/h2-3,5-10,15-17H,1,4,11-14H2/b15-2-. The third kappa shape index (κ3) is 5.51. The Morgan fingerprint density at radius 3 is 2.22 bits per heavy atom. The van der Waals surface area contributed by atoms with E-state index in [9.17, 15) is 12.8 Å². The number of halogens is 1. The normalized spacial score (nSPS) is 15.3. The van der Waals surface area contributed by atoms with E-state index in [1.54, 1.807) is 49.1 Å². The molecule has 0 saturated carbocycles. The van der Waals surface area contributed by atoms with E-state index in [2.05, 4.69) is 19.9 Å². The van der Waals surface area contributed by atoms with Crippen molar-refractivity contribution < 1.29 is 12.8 Å². The SMILES string of the molecule is O=S(=O)(/C=C\CCc1ncccn1)N1CCN(c2ncc(-c3ccc(F)cc3)cn2)CC1. The van der Waals surface area contributed by atoms with Gasteiger partial charge in [0, 0.05) is 68.4 Å². The first-order chi connectivity index (χ1) is 15.5. The molecule has 2 aromatic heterocycles. The Morgan fingerprint density at radius 2 is 1.56 bits per heavy atom. The fraction of sp³-hybridized carbons (Fsp3) is 0.273. The van der Waals surface area contributed by atoms with Gasteiger partial charge in [-0.25, -0.2) is 32.7 Å². The molecule has 3 aromatic rings. The highest BCUT2D eigenvalue weighted by atomic mass is 32.2. The lowest BCUT2D eigenvalue weighted by Crippen LogP contribution is -2.48. The number of aromatic nitrogens is 4. The fourth-order valence-electron chi connectivity index (χ4n) is 3.37. The molecule has 0 amide bonds. The third-order valence-corrected chi connectivity index (χ3v) is 6.74. The van der Waals surface area contributed by atoms with Crippen LogP contribution in [0, 0.1) is 5.82 Å². The van der Waals surface area contributed by atoms with Gasteiger partial charge in [-0.3, -0.25) is 0 Å². The van der Waals surface area contributed by atoms with Crippen LogP contribution in [-0.4, -0.2) is 58.8 Å². The topological polar surface area (TPSA) is 92.2 Å². The van der Waals surface area contributed by atoms with Gasteiger partial charge in [0.05, 0.1) is 0 Å². The lowest BCUT2D eigenvalue weighted by atomic mass is 10.1. The monoisotopic (exact) mass is 454 g/mol. The highest BCUT2D eigenvalue weighted by molar-refractivity contribution is 7.92. The Balaban J connectivity index is 1.30. The first-order valence-corrected chi connectivity index (χ1v) is 11.8. The van der Waals surface area contributed by atoms with Crippen molar-refractivity contribution in [3.05, 3.63) is 78.2 Å². The molecule has 0 atom stereocenters. The van der Waals surface area contributed by atoms with Crippen LogP contribution in [-0.2, 0) is 16.4 Å². The summed E-state index contributed by atoms with van der Waals surface area (Å²) in [6.45, 7) is 1.72. The lowest BCUT2D eigenvalue weighted by Gasteiger charge is -2.33. The molecule has 1 aromatic carbocycles. The summed E-state index contributed by atoms with van der Waals surface area (Å²) in [5.41, 5.74) is 1.63. The molecule has 1 aliphatic rings. The van der Waals surface area contributed by atoms with Crippen molar-refractivity contribution in [3.8, 4) is 11.1 Å². The number of hydrogen-bond acceptors (Lipinski definition) is 7. The molecule has 0 radical (unpaired) electrons. The van der Waals surface area contributed by atoms with E-state index in [0.29, 0.717) is 50.8 Å². The Labute approximate surface area is 186 Å². The van der Waals surface area contributed by atoms with E-state index < -0.39 is 10.0 Å². The zero-order valence-electron chi connectivity index (χ0n) is 17.4. The number of hydrogen-bond donors (Lipinski definition) is 0. The second kappa shape index (κ2) is 9.92. The van der Waals surface area contributed by atoms with Gasteiger partial charge in [-0.15, -0.1) is 0 Å². The predicted molar refractivity (Wildman–Crippen MR) is 120 cm³/mol. The summed E-state index contributed by atoms with van der Waals surface area (Å²) < 4.78 is 39.7. The average molecular weight is 455 g/mol. The van der Waals surface area contributed by atoms with Crippen molar-refractivity contribution in [2.75, 3.05) is 31.1 Å². The van der Waals surface area contributed by atoms with Crippen LogP contribution < -0.4 is 4.90 Å². The maximum atomic E-state index is 13.1. The molecular weight excluding hydrogens is 431 g/mol. The van der Waals surface area contributed by atoms with Gasteiger partial charge in [0.25, 0.3) is 0 Å². The maximum absolute atomic E-state index is 13.1. The molecule has 0 bridgehead atoms. The molecule has 166 valence electrons. The second-order valence-electron chi connectivity index (χ2n) is 7.29. The van der Waals surface area contributed by atoms with Gasteiger partial charge >= 0.3 is 0 Å². The molecule has 1 saturated heterocycles. The smallest absolute Gasteiger partial charge is 0.236 e. The van der Waals surface area contributed by atoms with Gasteiger partial charge in [0.1, 0.15) is 11.6 Å². The van der Waals surface area contributed by atoms with Crippen LogP contribution in [0.4, 0.5) is 10.3 Å². The molecule has 0 N–H and O–H groups in total. The first-order valence-electron chi connectivity index (χ1n) is 10.3. The van der Waals surface area contributed by atoms with E-state index in [4.69, 9.17) is 0 Å². The van der Waals surface area contributed by atoms with Crippen LogP contribution in [0.1, 0.15) is 12.2 Å². The van der Waals surface area contributed by atoms with Gasteiger partial charge in [-0.1, -0.05) is 18.2 Å². The number of sulfonamides is 1. The molecule has 0 spiro atoms. The Hall–Kier alpha value is -3.24. The number of aryl methyl sites for hydroxylation is 1. The minimum absolute atomic E-state index is 0.292. The van der Waals surface area contributed by atoms with Gasteiger partial charge in [0.2, 0.25) is 16.0 Å². The molecule has 0 aliphatic carbocycles. The molecule has 3 heterocycles. The lowest BCUT2D eigenvalue weighted by molar-refractivity contribution is 0.387. The fourth-order valence-corrected chi connectivity index (χ4v) is 4.59. The number of nitrogens with zero attached hydrogens (tertiary/aromatic N) is 6. The molecule has 10 heteroatoms. The predicted octanol–water partition coefficient (Wildman–Crippen LogP) is 2.67. The first kappa shape index (κ1) is 22.0. The second-order valence-corrected chi connectivity index (χ2v) is 9.10. The van der Waals surface area contributed by atoms with Gasteiger partial charge in [-0.2, -0.15) is 4.31 Å². The molecule has 8 nitrogen and oxygen atoms in total. The third-order valence-electron chi connectivity index (χ3n) is 5.12. The minimum atomic E-state index is -3.48. The zero-order chi connectivity index (χ0) is 22.4. The number of piperazine rings is 1. The molecule has 0 unspecified atom stereocenters. The number of rotatable bonds is 7. The summed E-state index contributed by atoms with van der Waals surface area (Å²) in [5, 5.41) is 1.26. The number of anilines is 1. The van der Waals surface area contributed by atoms with Crippen LogP contribution in [0.5, 0.6) is 0 Å². The van der Waals surface area contributed by atoms with Gasteiger partial charge in [0.15, 0.2) is 0 Å². The Morgan fingerprint density at radius 1 is 0.906 bits per heavy atom. The van der Waals surface area contributed by atoms with Gasteiger partial charge < -0.3 is 4.90 Å². The highest BCUT2D eigenvalue weighted by Crippen LogP contribution is 2.20. The summed E-state index contributed by atoms with van der Waals surface area (Å²) in [5.74, 6) is 0.944. The van der Waals surface area contributed by atoms with Crippen LogP contribution in [0.3, 0.4) is 0 Å². The summed E-state index contributed by atoms with van der Waals surface area (Å²) >= 11 is 0. The van der Waals surface area contributed by atoms with Crippen molar-refractivity contribution in [3.63, 3.8) is 0 Å². The van der Waals surface area contributed by atoms with Crippen molar-refractivity contribution in [1.82, 2.24) is 24.2 Å². The quantitative estimate of drug-likeness (QED) is 0.542. The average Bonchev–Trinajstić information content (AvgIpc) is 2.83. The van der Waals surface area contributed by atoms with Crippen molar-refractivity contribution in [2.45, 2.75) is 12.8 Å². The number of allylic oxidation sites excluding steroid dienone is 1. The highest BCUT2D eigenvalue weighted by Gasteiger charge is 2.26. The van der Waals surface area contributed by atoms with Crippen LogP contribution in [0.2, 0.25) is 0 Å². The maximum Gasteiger partial charge on any atom is 0.236 e. The minimum Gasteiger partial charge on any atom is -0.338 e. The van der Waals surface area contributed by atoms with Crippen molar-refractivity contribution in [1.29, 1.82) is 0 Å². The molecular formula is C22H23FN6O2S. The molecule has 1 fully saturated rings. The number of benzene rings is 1. The molecule has 32 heavy (non-hydrogen) atoms.